The van der Waals surface area contributed by atoms with Crippen LogP contribution in [-0.4, -0.2) is 12.9 Å². The van der Waals surface area contributed by atoms with Gasteiger partial charge < -0.3 is 10.5 Å². The third-order valence-corrected chi connectivity index (χ3v) is 1.53. The molecule has 0 heterocycles. The number of halogens is 1. The number of nitrogens with one attached hydrogen (secondary N) is 1. The van der Waals surface area contributed by atoms with Gasteiger partial charge in [-0.05, 0) is 17.7 Å². The fourth-order valence-electron chi connectivity index (χ4n) is 1.00. The van der Waals surface area contributed by atoms with Crippen LogP contribution in [0, 0.1) is 5.41 Å². The Hall–Kier alpha value is -1.22. The minimum atomic E-state index is 0. The number of amidine groups is 1. The second kappa shape index (κ2) is 5.43. The molecule has 72 valence electrons. The molecule has 0 fully saturated rings. The highest BCUT2D eigenvalue weighted by Crippen LogP contribution is 2.12. The van der Waals surface area contributed by atoms with Gasteiger partial charge in [0.1, 0.15) is 5.75 Å². The van der Waals surface area contributed by atoms with Gasteiger partial charge in [0.2, 0.25) is 0 Å². The number of ether oxygens (including phenoxy) is 1. The van der Waals surface area contributed by atoms with Crippen molar-refractivity contribution in [1.82, 2.24) is 0 Å². The Balaban J connectivity index is 0.00000144. The number of hydrogen-bond acceptors (Lipinski definition) is 2. The summed E-state index contributed by atoms with van der Waals surface area (Å²) in [4.78, 5) is 0. The molecule has 0 atom stereocenters. The molecule has 0 amide bonds. The Morgan fingerprint density at radius 2 is 2.23 bits per heavy atom. The number of hydrogen-bond donors (Lipinski definition) is 2. The third kappa shape index (κ3) is 3.80. The lowest BCUT2D eigenvalue weighted by Gasteiger charge is -2.02. The maximum absolute atomic E-state index is 7.10. The van der Waals surface area contributed by atoms with Crippen LogP contribution in [0.4, 0.5) is 0 Å². The van der Waals surface area contributed by atoms with Crippen molar-refractivity contribution in [2.24, 2.45) is 5.73 Å². The Kier molecular flexibility index (Phi) is 4.92. The van der Waals surface area contributed by atoms with E-state index in [0.29, 0.717) is 6.42 Å². The Morgan fingerprint density at radius 1 is 1.54 bits per heavy atom. The smallest absolute Gasteiger partial charge is 0.119 e. The van der Waals surface area contributed by atoms with E-state index in [-0.39, 0.29) is 18.2 Å². The van der Waals surface area contributed by atoms with Crippen molar-refractivity contribution >= 4 is 18.2 Å². The van der Waals surface area contributed by atoms with Crippen molar-refractivity contribution in [2.75, 3.05) is 7.11 Å². The molecule has 0 unspecified atom stereocenters. The Morgan fingerprint density at radius 3 is 2.77 bits per heavy atom. The number of nitrogens with two attached hydrogens (primary N) is 1. The first kappa shape index (κ1) is 11.8. The van der Waals surface area contributed by atoms with Gasteiger partial charge in [-0.25, -0.2) is 0 Å². The first-order chi connectivity index (χ1) is 5.72. The predicted molar refractivity (Wildman–Crippen MR) is 55.9 cm³/mol. The molecular weight excluding hydrogens is 188 g/mol. The van der Waals surface area contributed by atoms with Gasteiger partial charge in [0.05, 0.1) is 12.9 Å². The highest BCUT2D eigenvalue weighted by molar-refractivity contribution is 5.85. The van der Waals surface area contributed by atoms with Crippen LogP contribution in [0.1, 0.15) is 5.56 Å². The lowest BCUT2D eigenvalue weighted by atomic mass is 10.1. The van der Waals surface area contributed by atoms with E-state index in [1.54, 1.807) is 7.11 Å². The van der Waals surface area contributed by atoms with E-state index in [4.69, 9.17) is 15.9 Å². The SMILES string of the molecule is COc1cccc(CC(=N)N)c1.Cl. The van der Waals surface area contributed by atoms with E-state index in [1.807, 2.05) is 24.3 Å². The molecule has 4 heteroatoms. The van der Waals surface area contributed by atoms with E-state index in [0.717, 1.165) is 11.3 Å². The van der Waals surface area contributed by atoms with E-state index in [9.17, 15) is 0 Å². The van der Waals surface area contributed by atoms with E-state index < -0.39 is 0 Å². The maximum Gasteiger partial charge on any atom is 0.119 e. The fourth-order valence-corrected chi connectivity index (χ4v) is 1.00. The monoisotopic (exact) mass is 200 g/mol. The van der Waals surface area contributed by atoms with Crippen LogP contribution in [-0.2, 0) is 6.42 Å². The molecular formula is C9H13ClN2O. The van der Waals surface area contributed by atoms with Crippen molar-refractivity contribution in [1.29, 1.82) is 5.41 Å². The molecule has 0 bridgehead atoms. The molecule has 13 heavy (non-hydrogen) atoms. The molecule has 3 nitrogen and oxygen atoms in total. The molecule has 1 aromatic rings. The summed E-state index contributed by atoms with van der Waals surface area (Å²) in [6, 6.07) is 7.55. The lowest BCUT2D eigenvalue weighted by molar-refractivity contribution is 0.414. The first-order valence-corrected chi connectivity index (χ1v) is 3.68. The highest BCUT2D eigenvalue weighted by Gasteiger charge is 1.96. The van der Waals surface area contributed by atoms with Gasteiger partial charge in [-0.15, -0.1) is 12.4 Å². The average molecular weight is 201 g/mol. The standard InChI is InChI=1S/C9H12N2O.ClH/c1-12-8-4-2-3-7(5-8)6-9(10)11;/h2-5H,6H2,1H3,(H3,10,11);1H. The summed E-state index contributed by atoms with van der Waals surface area (Å²) in [5, 5.41) is 7.10. The third-order valence-electron chi connectivity index (χ3n) is 1.53. The largest absolute Gasteiger partial charge is 0.497 e. The molecule has 0 radical (unpaired) electrons. The second-order valence-corrected chi connectivity index (χ2v) is 2.55. The zero-order chi connectivity index (χ0) is 8.97. The summed E-state index contributed by atoms with van der Waals surface area (Å²) in [5.74, 6) is 0.969. The lowest BCUT2D eigenvalue weighted by Crippen LogP contribution is -2.12. The molecule has 3 N–H and O–H groups in total. The van der Waals surface area contributed by atoms with Crippen molar-refractivity contribution in [3.05, 3.63) is 29.8 Å². The summed E-state index contributed by atoms with van der Waals surface area (Å²) in [7, 11) is 1.62. The zero-order valence-electron chi connectivity index (χ0n) is 7.41. The van der Waals surface area contributed by atoms with Crippen LogP contribution < -0.4 is 10.5 Å². The predicted octanol–water partition coefficient (Wildman–Crippen LogP) is 1.60. The van der Waals surface area contributed by atoms with Gasteiger partial charge in [-0.1, -0.05) is 12.1 Å². The summed E-state index contributed by atoms with van der Waals surface area (Å²) < 4.78 is 5.03. The maximum atomic E-state index is 7.10. The van der Waals surface area contributed by atoms with E-state index in [2.05, 4.69) is 0 Å². The van der Waals surface area contributed by atoms with Crippen LogP contribution in [0.5, 0.6) is 5.75 Å². The van der Waals surface area contributed by atoms with Crippen molar-refractivity contribution in [3.63, 3.8) is 0 Å². The molecule has 0 aliphatic rings. The van der Waals surface area contributed by atoms with Gasteiger partial charge >= 0.3 is 0 Å². The molecule has 1 aromatic carbocycles. The number of rotatable bonds is 3. The van der Waals surface area contributed by atoms with Crippen LogP contribution in [0.15, 0.2) is 24.3 Å². The van der Waals surface area contributed by atoms with Crippen LogP contribution in [0.2, 0.25) is 0 Å². The van der Waals surface area contributed by atoms with Crippen molar-refractivity contribution in [3.8, 4) is 5.75 Å². The molecule has 1 rings (SSSR count). The molecule has 0 aromatic heterocycles. The Labute approximate surface area is 83.8 Å². The summed E-state index contributed by atoms with van der Waals surface area (Å²) in [6.45, 7) is 0. The van der Waals surface area contributed by atoms with Crippen LogP contribution in [0.3, 0.4) is 0 Å². The number of methoxy groups -OCH3 is 1. The van der Waals surface area contributed by atoms with Crippen molar-refractivity contribution < 1.29 is 4.74 Å². The Bertz CT molecular complexity index is 289. The minimum absolute atomic E-state index is 0. The molecule has 0 saturated carbocycles. The summed E-state index contributed by atoms with van der Waals surface area (Å²) >= 11 is 0. The minimum Gasteiger partial charge on any atom is -0.497 e. The average Bonchev–Trinajstić information content (AvgIpc) is 2.03. The van der Waals surface area contributed by atoms with Crippen LogP contribution >= 0.6 is 12.4 Å². The van der Waals surface area contributed by atoms with Crippen LogP contribution in [0.25, 0.3) is 0 Å². The number of benzene rings is 1. The zero-order valence-corrected chi connectivity index (χ0v) is 8.23. The first-order valence-electron chi connectivity index (χ1n) is 3.68. The molecule has 0 spiro atoms. The van der Waals surface area contributed by atoms with Gasteiger partial charge in [0.15, 0.2) is 0 Å². The fraction of sp³-hybridized carbons (Fsp3) is 0.222. The molecule has 0 aliphatic carbocycles. The van der Waals surface area contributed by atoms with Crippen molar-refractivity contribution in [2.45, 2.75) is 6.42 Å². The summed E-state index contributed by atoms with van der Waals surface area (Å²) in [6.07, 6.45) is 0.483. The second-order valence-electron chi connectivity index (χ2n) is 2.55. The molecule has 0 aliphatic heterocycles. The summed E-state index contributed by atoms with van der Waals surface area (Å²) in [5.41, 5.74) is 6.26. The van der Waals surface area contributed by atoms with E-state index >= 15 is 0 Å². The van der Waals surface area contributed by atoms with Gasteiger partial charge in [0, 0.05) is 6.42 Å². The highest BCUT2D eigenvalue weighted by atomic mass is 35.5. The molecule has 0 saturated heterocycles. The van der Waals surface area contributed by atoms with Gasteiger partial charge in [-0.2, -0.15) is 0 Å². The van der Waals surface area contributed by atoms with E-state index in [1.165, 1.54) is 0 Å². The quantitative estimate of drug-likeness (QED) is 0.575. The normalized spacial score (nSPS) is 8.69. The van der Waals surface area contributed by atoms with Gasteiger partial charge in [-0.3, -0.25) is 5.41 Å². The van der Waals surface area contributed by atoms with Gasteiger partial charge in [0.25, 0.3) is 0 Å². The topological polar surface area (TPSA) is 59.1 Å².